The molecule has 0 bridgehead atoms. The second-order valence-corrected chi connectivity index (χ2v) is 4.51. The van der Waals surface area contributed by atoms with Crippen LogP contribution in [-0.2, 0) is 14.4 Å². The molecule has 6 heteroatoms. The molecule has 2 atom stereocenters. The molecule has 0 aromatic heterocycles. The zero-order chi connectivity index (χ0) is 14.5. The van der Waals surface area contributed by atoms with Crippen LogP contribution in [-0.4, -0.2) is 22.9 Å². The first-order valence-corrected chi connectivity index (χ1v) is 6.13. The number of nitrogens with one attached hydrogen (secondary N) is 2. The van der Waals surface area contributed by atoms with Crippen molar-refractivity contribution in [3.05, 3.63) is 48.0 Å². The standard InChI is InChI=1S/C14H14N2O4/c17-12(6-7-13(18)19)15-16-14(20)11-8-10(11)9-4-2-1-3-5-9/h1-7,10-11H,8H2,(H,15,17)(H,16,20)(H,18,19)/b7-6-/t10-,11+/m1/s1. The van der Waals surface area contributed by atoms with Gasteiger partial charge in [-0.25, -0.2) is 4.79 Å². The smallest absolute Gasteiger partial charge is 0.328 e. The number of amides is 2. The fourth-order valence-electron chi connectivity index (χ4n) is 1.96. The molecule has 2 rings (SSSR count). The number of benzene rings is 1. The summed E-state index contributed by atoms with van der Waals surface area (Å²) in [5.74, 6) is -2.14. The van der Waals surface area contributed by atoms with E-state index in [1.165, 1.54) is 0 Å². The highest BCUT2D eigenvalue weighted by Crippen LogP contribution is 2.47. The number of carbonyl (C=O) groups excluding carboxylic acids is 2. The van der Waals surface area contributed by atoms with Gasteiger partial charge in [-0.05, 0) is 17.9 Å². The fraction of sp³-hybridized carbons (Fsp3) is 0.214. The van der Waals surface area contributed by atoms with Gasteiger partial charge in [0.05, 0.1) is 0 Å². The van der Waals surface area contributed by atoms with E-state index in [9.17, 15) is 14.4 Å². The summed E-state index contributed by atoms with van der Waals surface area (Å²) in [7, 11) is 0. The summed E-state index contributed by atoms with van der Waals surface area (Å²) in [5, 5.41) is 8.34. The number of hydrazine groups is 1. The SMILES string of the molecule is O=C(O)/C=C\C(=O)NNC(=O)[C@H]1C[C@@H]1c1ccccc1. The third-order valence-corrected chi connectivity index (χ3v) is 3.04. The van der Waals surface area contributed by atoms with Gasteiger partial charge in [0.2, 0.25) is 5.91 Å². The van der Waals surface area contributed by atoms with Crippen LogP contribution in [0.4, 0.5) is 0 Å². The Bertz CT molecular complexity index is 554. The number of rotatable bonds is 4. The third kappa shape index (κ3) is 3.68. The quantitative estimate of drug-likeness (QED) is 0.553. The summed E-state index contributed by atoms with van der Waals surface area (Å²) in [6.07, 6.45) is 2.28. The van der Waals surface area contributed by atoms with Crippen LogP contribution in [0.3, 0.4) is 0 Å². The van der Waals surface area contributed by atoms with Gasteiger partial charge in [-0.3, -0.25) is 20.4 Å². The Labute approximate surface area is 115 Å². The predicted octanol–water partition coefficient (Wildman–Crippen LogP) is 0.578. The summed E-state index contributed by atoms with van der Waals surface area (Å²) in [6.45, 7) is 0. The average molecular weight is 274 g/mol. The normalized spacial score (nSPS) is 20.4. The number of carbonyl (C=O) groups is 3. The van der Waals surface area contributed by atoms with E-state index in [0.717, 1.165) is 18.1 Å². The number of carboxylic acid groups (broad SMARTS) is 1. The van der Waals surface area contributed by atoms with Crippen LogP contribution in [0.25, 0.3) is 0 Å². The van der Waals surface area contributed by atoms with Crippen molar-refractivity contribution in [3.8, 4) is 0 Å². The van der Waals surface area contributed by atoms with E-state index in [4.69, 9.17) is 5.11 Å². The molecule has 6 nitrogen and oxygen atoms in total. The number of carboxylic acids is 1. The molecule has 1 aromatic rings. The topological polar surface area (TPSA) is 95.5 Å². The van der Waals surface area contributed by atoms with Crippen LogP contribution in [0, 0.1) is 5.92 Å². The first kappa shape index (κ1) is 13.8. The van der Waals surface area contributed by atoms with Gasteiger partial charge in [-0.1, -0.05) is 30.3 Å². The van der Waals surface area contributed by atoms with Crippen LogP contribution < -0.4 is 10.9 Å². The Balaban J connectivity index is 1.77. The van der Waals surface area contributed by atoms with Crippen molar-refractivity contribution in [3.63, 3.8) is 0 Å². The molecular weight excluding hydrogens is 260 g/mol. The van der Waals surface area contributed by atoms with E-state index in [1.54, 1.807) is 0 Å². The summed E-state index contributed by atoms with van der Waals surface area (Å²) in [6, 6.07) is 9.68. The number of aliphatic carboxylic acids is 1. The van der Waals surface area contributed by atoms with Gasteiger partial charge in [0.25, 0.3) is 5.91 Å². The fourth-order valence-corrected chi connectivity index (χ4v) is 1.96. The summed E-state index contributed by atoms with van der Waals surface area (Å²) in [4.78, 5) is 33.1. The number of hydrogen-bond donors (Lipinski definition) is 3. The molecule has 1 aliphatic rings. The van der Waals surface area contributed by atoms with Gasteiger partial charge in [0.15, 0.2) is 0 Å². The van der Waals surface area contributed by atoms with Crippen LogP contribution in [0.15, 0.2) is 42.5 Å². The molecule has 0 heterocycles. The molecule has 104 valence electrons. The molecule has 0 aliphatic heterocycles. The molecule has 2 amide bonds. The van der Waals surface area contributed by atoms with Crippen molar-refractivity contribution in [2.24, 2.45) is 5.92 Å². The number of hydrogen-bond acceptors (Lipinski definition) is 3. The van der Waals surface area contributed by atoms with Crippen LogP contribution in [0.5, 0.6) is 0 Å². The maximum Gasteiger partial charge on any atom is 0.328 e. The average Bonchev–Trinajstić information content (AvgIpc) is 3.24. The summed E-state index contributed by atoms with van der Waals surface area (Å²) < 4.78 is 0. The maximum atomic E-state index is 11.8. The van der Waals surface area contributed by atoms with E-state index in [2.05, 4.69) is 10.9 Å². The van der Waals surface area contributed by atoms with Gasteiger partial charge in [0.1, 0.15) is 0 Å². The van der Waals surface area contributed by atoms with Crippen molar-refractivity contribution >= 4 is 17.8 Å². The molecule has 3 N–H and O–H groups in total. The van der Waals surface area contributed by atoms with E-state index in [0.29, 0.717) is 6.08 Å². The van der Waals surface area contributed by atoms with Gasteiger partial charge >= 0.3 is 5.97 Å². The molecule has 1 aliphatic carbocycles. The highest BCUT2D eigenvalue weighted by Gasteiger charge is 2.43. The minimum absolute atomic E-state index is 0.152. The minimum Gasteiger partial charge on any atom is -0.478 e. The first-order valence-electron chi connectivity index (χ1n) is 6.13. The molecule has 1 aromatic carbocycles. The largest absolute Gasteiger partial charge is 0.478 e. The first-order chi connectivity index (χ1) is 9.58. The van der Waals surface area contributed by atoms with Crippen molar-refractivity contribution in [2.75, 3.05) is 0 Å². The molecule has 20 heavy (non-hydrogen) atoms. The second-order valence-electron chi connectivity index (χ2n) is 4.51. The van der Waals surface area contributed by atoms with E-state index >= 15 is 0 Å². The highest BCUT2D eigenvalue weighted by atomic mass is 16.4. The monoisotopic (exact) mass is 274 g/mol. The summed E-state index contributed by atoms with van der Waals surface area (Å²) >= 11 is 0. The van der Waals surface area contributed by atoms with E-state index in [1.807, 2.05) is 30.3 Å². The van der Waals surface area contributed by atoms with Crippen molar-refractivity contribution < 1.29 is 19.5 Å². The second kappa shape index (κ2) is 6.01. The Kier molecular flexibility index (Phi) is 4.14. The molecule has 0 unspecified atom stereocenters. The van der Waals surface area contributed by atoms with Crippen molar-refractivity contribution in [1.82, 2.24) is 10.9 Å². The van der Waals surface area contributed by atoms with Crippen LogP contribution in [0.1, 0.15) is 17.9 Å². The molecule has 1 saturated carbocycles. The lowest BCUT2D eigenvalue weighted by atomic mass is 10.1. The zero-order valence-electron chi connectivity index (χ0n) is 10.6. The Morgan fingerprint density at radius 3 is 2.45 bits per heavy atom. The lowest BCUT2D eigenvalue weighted by Crippen LogP contribution is -2.41. The maximum absolute atomic E-state index is 11.8. The van der Waals surface area contributed by atoms with Crippen LogP contribution >= 0.6 is 0 Å². The highest BCUT2D eigenvalue weighted by molar-refractivity contribution is 5.95. The van der Waals surface area contributed by atoms with Gasteiger partial charge in [-0.15, -0.1) is 0 Å². The van der Waals surface area contributed by atoms with Gasteiger partial charge in [0, 0.05) is 18.1 Å². The Morgan fingerprint density at radius 1 is 1.10 bits per heavy atom. The molecular formula is C14H14N2O4. The molecule has 0 saturated heterocycles. The third-order valence-electron chi connectivity index (χ3n) is 3.04. The lowest BCUT2D eigenvalue weighted by Gasteiger charge is -2.04. The minimum atomic E-state index is -1.22. The van der Waals surface area contributed by atoms with E-state index < -0.39 is 11.9 Å². The Hall–Kier alpha value is -2.63. The molecule has 0 radical (unpaired) electrons. The van der Waals surface area contributed by atoms with Gasteiger partial charge in [-0.2, -0.15) is 0 Å². The van der Waals surface area contributed by atoms with Crippen molar-refractivity contribution in [1.29, 1.82) is 0 Å². The van der Waals surface area contributed by atoms with Gasteiger partial charge < -0.3 is 5.11 Å². The van der Waals surface area contributed by atoms with Crippen LogP contribution in [0.2, 0.25) is 0 Å². The molecule has 1 fully saturated rings. The summed E-state index contributed by atoms with van der Waals surface area (Å²) in [5.41, 5.74) is 5.53. The van der Waals surface area contributed by atoms with E-state index in [-0.39, 0.29) is 17.7 Å². The Morgan fingerprint density at radius 2 is 1.80 bits per heavy atom. The molecule has 0 spiro atoms. The lowest BCUT2D eigenvalue weighted by molar-refractivity contribution is -0.131. The van der Waals surface area contributed by atoms with Crippen molar-refractivity contribution in [2.45, 2.75) is 12.3 Å². The zero-order valence-corrected chi connectivity index (χ0v) is 10.6. The predicted molar refractivity (Wildman–Crippen MR) is 70.4 cm³/mol.